The molecule has 0 radical (unpaired) electrons. The number of H-pyrrole nitrogens is 1. The number of aromatic nitrogens is 2. The molecule has 0 saturated carbocycles. The summed E-state index contributed by atoms with van der Waals surface area (Å²) in [7, 11) is 1.49. The smallest absolute Gasteiger partial charge is 0.264 e. The standard InChI is InChI=1S/C19H22N4O4S/c1-27-11-16(24)23-7-2-4-14(23)17-20-13-6-8-22(10-12(13)18(25)21-17)19(26)15-5-3-9-28-15/h3,5,9,14H,2,4,6-8,10-11H2,1H3,(H,20,21,25). The van der Waals surface area contributed by atoms with Crippen molar-refractivity contribution in [3.05, 3.63) is 49.8 Å². The number of aromatic amines is 1. The van der Waals surface area contributed by atoms with Crippen LogP contribution in [0.2, 0.25) is 0 Å². The summed E-state index contributed by atoms with van der Waals surface area (Å²) >= 11 is 1.40. The van der Waals surface area contributed by atoms with Crippen LogP contribution in [0.1, 0.15) is 45.6 Å². The summed E-state index contributed by atoms with van der Waals surface area (Å²) in [4.78, 5) is 49.2. The van der Waals surface area contributed by atoms with Gasteiger partial charge in [-0.15, -0.1) is 11.3 Å². The van der Waals surface area contributed by atoms with E-state index in [0.717, 1.165) is 18.5 Å². The zero-order valence-corrected chi connectivity index (χ0v) is 16.5. The molecule has 8 nitrogen and oxygen atoms in total. The Kier molecular flexibility index (Phi) is 5.27. The molecular formula is C19H22N4O4S. The van der Waals surface area contributed by atoms with Gasteiger partial charge in [-0.3, -0.25) is 14.4 Å². The van der Waals surface area contributed by atoms with Crippen molar-refractivity contribution in [1.82, 2.24) is 19.8 Å². The van der Waals surface area contributed by atoms with Gasteiger partial charge in [-0.05, 0) is 24.3 Å². The maximum atomic E-state index is 12.7. The van der Waals surface area contributed by atoms with Crippen LogP contribution in [0, 0.1) is 0 Å². The molecule has 1 unspecified atom stereocenters. The van der Waals surface area contributed by atoms with Gasteiger partial charge in [0, 0.05) is 26.6 Å². The van der Waals surface area contributed by atoms with Gasteiger partial charge in [0.2, 0.25) is 5.91 Å². The van der Waals surface area contributed by atoms with E-state index in [9.17, 15) is 14.4 Å². The fraction of sp³-hybridized carbons (Fsp3) is 0.474. The molecule has 1 saturated heterocycles. The van der Waals surface area contributed by atoms with Crippen LogP contribution in [-0.4, -0.2) is 58.4 Å². The summed E-state index contributed by atoms with van der Waals surface area (Å²) in [6.45, 7) is 1.44. The van der Waals surface area contributed by atoms with Gasteiger partial charge in [0.05, 0.1) is 28.7 Å². The Morgan fingerprint density at radius 3 is 3.00 bits per heavy atom. The first-order valence-corrected chi connectivity index (χ1v) is 10.2. The van der Waals surface area contributed by atoms with Gasteiger partial charge in [-0.25, -0.2) is 4.98 Å². The minimum atomic E-state index is -0.230. The van der Waals surface area contributed by atoms with Gasteiger partial charge in [0.1, 0.15) is 12.4 Å². The molecule has 9 heteroatoms. The van der Waals surface area contributed by atoms with Crippen molar-refractivity contribution in [3.63, 3.8) is 0 Å². The maximum Gasteiger partial charge on any atom is 0.264 e. The minimum Gasteiger partial charge on any atom is -0.375 e. The van der Waals surface area contributed by atoms with E-state index in [1.54, 1.807) is 15.9 Å². The predicted octanol–water partition coefficient (Wildman–Crippen LogP) is 1.34. The second-order valence-electron chi connectivity index (χ2n) is 7.01. The van der Waals surface area contributed by atoms with E-state index in [-0.39, 0.29) is 36.6 Å². The van der Waals surface area contributed by atoms with Crippen molar-refractivity contribution >= 4 is 23.2 Å². The number of methoxy groups -OCH3 is 1. The Bertz CT molecular complexity index is 940. The Morgan fingerprint density at radius 2 is 2.25 bits per heavy atom. The zero-order valence-electron chi connectivity index (χ0n) is 15.6. The highest BCUT2D eigenvalue weighted by molar-refractivity contribution is 7.12. The number of carbonyl (C=O) groups is 2. The predicted molar refractivity (Wildman–Crippen MR) is 103 cm³/mol. The van der Waals surface area contributed by atoms with Crippen LogP contribution in [0.25, 0.3) is 0 Å². The number of fused-ring (bicyclic) bond motifs is 1. The number of carbonyl (C=O) groups excluding carboxylic acids is 2. The lowest BCUT2D eigenvalue weighted by molar-refractivity contribution is -0.136. The third-order valence-corrected chi connectivity index (χ3v) is 6.12. The van der Waals surface area contributed by atoms with Crippen LogP contribution in [0.5, 0.6) is 0 Å². The topological polar surface area (TPSA) is 95.6 Å². The highest BCUT2D eigenvalue weighted by atomic mass is 32.1. The number of hydrogen-bond donors (Lipinski definition) is 1. The van der Waals surface area contributed by atoms with Gasteiger partial charge in [0.25, 0.3) is 11.5 Å². The number of ether oxygens (including phenoxy) is 1. The monoisotopic (exact) mass is 402 g/mol. The van der Waals surface area contributed by atoms with E-state index in [1.165, 1.54) is 18.4 Å². The maximum absolute atomic E-state index is 12.7. The average Bonchev–Trinajstić information content (AvgIpc) is 3.39. The molecular weight excluding hydrogens is 380 g/mol. The number of nitrogens with one attached hydrogen (secondary N) is 1. The van der Waals surface area contributed by atoms with Gasteiger partial charge >= 0.3 is 0 Å². The largest absolute Gasteiger partial charge is 0.375 e. The highest BCUT2D eigenvalue weighted by Gasteiger charge is 2.33. The Morgan fingerprint density at radius 1 is 1.39 bits per heavy atom. The second kappa shape index (κ2) is 7.84. The van der Waals surface area contributed by atoms with Gasteiger partial charge < -0.3 is 19.5 Å². The molecule has 2 aliphatic heterocycles. The molecule has 0 aliphatic carbocycles. The highest BCUT2D eigenvalue weighted by Crippen LogP contribution is 2.30. The van der Waals surface area contributed by atoms with Crippen LogP contribution in [-0.2, 0) is 22.5 Å². The van der Waals surface area contributed by atoms with Crippen LogP contribution in [0.4, 0.5) is 0 Å². The molecule has 28 heavy (non-hydrogen) atoms. The summed E-state index contributed by atoms with van der Waals surface area (Å²) in [5, 5.41) is 1.87. The molecule has 1 N–H and O–H groups in total. The van der Waals surface area contributed by atoms with Gasteiger partial charge in [0.15, 0.2) is 0 Å². The Balaban J connectivity index is 1.57. The number of amides is 2. The fourth-order valence-corrected chi connectivity index (χ4v) is 4.58. The first-order chi connectivity index (χ1) is 13.6. The van der Waals surface area contributed by atoms with Crippen LogP contribution < -0.4 is 5.56 Å². The Hall–Kier alpha value is -2.52. The van der Waals surface area contributed by atoms with Gasteiger partial charge in [-0.2, -0.15) is 0 Å². The van der Waals surface area contributed by atoms with Gasteiger partial charge in [-0.1, -0.05) is 6.07 Å². The van der Waals surface area contributed by atoms with Crippen LogP contribution in [0.15, 0.2) is 22.3 Å². The molecule has 2 aliphatic rings. The first kappa shape index (κ1) is 18.8. The minimum absolute atomic E-state index is 0.0193. The lowest BCUT2D eigenvalue weighted by Gasteiger charge is -2.29. The van der Waals surface area contributed by atoms with E-state index in [4.69, 9.17) is 4.74 Å². The molecule has 4 rings (SSSR count). The number of hydrogen-bond acceptors (Lipinski definition) is 6. The number of rotatable bonds is 4. The number of likely N-dealkylation sites (tertiary alicyclic amines) is 1. The van der Waals surface area contributed by atoms with E-state index in [2.05, 4.69) is 9.97 Å². The molecule has 2 amide bonds. The summed E-state index contributed by atoms with van der Waals surface area (Å²) in [5.74, 6) is 0.373. The lowest BCUT2D eigenvalue weighted by Crippen LogP contribution is -2.40. The quantitative estimate of drug-likeness (QED) is 0.833. The van der Waals surface area contributed by atoms with E-state index in [1.807, 2.05) is 11.4 Å². The van der Waals surface area contributed by atoms with Crippen molar-refractivity contribution in [2.24, 2.45) is 0 Å². The van der Waals surface area contributed by atoms with Crippen LogP contribution in [0.3, 0.4) is 0 Å². The Labute approximate surface area is 166 Å². The van der Waals surface area contributed by atoms with Crippen molar-refractivity contribution in [2.75, 3.05) is 26.8 Å². The molecule has 0 bridgehead atoms. The summed E-state index contributed by atoms with van der Waals surface area (Å²) < 4.78 is 4.96. The molecule has 4 heterocycles. The molecule has 0 spiro atoms. The summed E-state index contributed by atoms with van der Waals surface area (Å²) in [6, 6.07) is 3.40. The lowest BCUT2D eigenvalue weighted by atomic mass is 10.1. The van der Waals surface area contributed by atoms with E-state index >= 15 is 0 Å². The van der Waals surface area contributed by atoms with Crippen LogP contribution >= 0.6 is 11.3 Å². The van der Waals surface area contributed by atoms with E-state index < -0.39 is 0 Å². The number of nitrogens with zero attached hydrogens (tertiary/aromatic N) is 3. The van der Waals surface area contributed by atoms with Crippen molar-refractivity contribution < 1.29 is 14.3 Å². The van der Waals surface area contributed by atoms with Crippen molar-refractivity contribution in [1.29, 1.82) is 0 Å². The first-order valence-electron chi connectivity index (χ1n) is 9.31. The molecule has 1 atom stereocenters. The average molecular weight is 402 g/mol. The zero-order chi connectivity index (χ0) is 19.7. The van der Waals surface area contributed by atoms with Crippen molar-refractivity contribution in [3.8, 4) is 0 Å². The summed E-state index contributed by atoms with van der Waals surface area (Å²) in [5.41, 5.74) is 1.03. The second-order valence-corrected chi connectivity index (χ2v) is 7.96. The SMILES string of the molecule is COCC(=O)N1CCCC1c1nc2c(c(=O)[nH]1)CN(C(=O)c1cccs1)CC2. The normalized spacial score (nSPS) is 19.0. The van der Waals surface area contributed by atoms with E-state index in [0.29, 0.717) is 35.8 Å². The molecule has 2 aromatic heterocycles. The number of thiophene rings is 1. The molecule has 0 aromatic carbocycles. The molecule has 2 aromatic rings. The van der Waals surface area contributed by atoms with Crippen molar-refractivity contribution in [2.45, 2.75) is 31.8 Å². The molecule has 148 valence electrons. The summed E-state index contributed by atoms with van der Waals surface area (Å²) in [6.07, 6.45) is 2.16. The fourth-order valence-electron chi connectivity index (χ4n) is 3.89. The third kappa shape index (κ3) is 3.47. The molecule has 1 fully saturated rings. The third-order valence-electron chi connectivity index (χ3n) is 5.26.